The van der Waals surface area contributed by atoms with E-state index < -0.39 is 11.4 Å². The van der Waals surface area contributed by atoms with Gasteiger partial charge in [0.05, 0.1) is 18.6 Å². The number of methoxy groups -OCH3 is 1. The van der Waals surface area contributed by atoms with Gasteiger partial charge in [-0.1, -0.05) is 0 Å². The predicted octanol–water partition coefficient (Wildman–Crippen LogP) is 0.904. The van der Waals surface area contributed by atoms with Crippen molar-refractivity contribution in [3.8, 4) is 0 Å². The Bertz CT molecular complexity index is 174. The van der Waals surface area contributed by atoms with Gasteiger partial charge in [0, 0.05) is 13.7 Å². The Hall–Kier alpha value is -0.610. The average Bonchev–Trinajstić information content (AvgIpc) is 2.85. The van der Waals surface area contributed by atoms with E-state index >= 15 is 0 Å². The van der Waals surface area contributed by atoms with Gasteiger partial charge in [-0.3, -0.25) is 4.79 Å². The minimum Gasteiger partial charge on any atom is -0.481 e. The molecule has 4 heteroatoms. The van der Waals surface area contributed by atoms with Crippen LogP contribution in [0, 0.1) is 5.41 Å². The zero-order valence-corrected chi connectivity index (χ0v) is 7.91. The third kappa shape index (κ3) is 2.97. The molecule has 0 radical (unpaired) electrons. The minimum atomic E-state index is -0.678. The molecule has 76 valence electrons. The second-order valence-electron chi connectivity index (χ2n) is 3.44. The normalized spacial score (nSPS) is 18.5. The topological polar surface area (TPSA) is 55.8 Å². The number of aliphatic carboxylic acids is 1. The van der Waals surface area contributed by atoms with E-state index in [1.54, 1.807) is 7.11 Å². The standard InChI is InChI=1S/C9H16O4/c1-12-6-7-13-5-4-9(2-3-9)8(10)11/h2-7H2,1H3,(H,10,11). The van der Waals surface area contributed by atoms with E-state index in [1.807, 2.05) is 0 Å². The van der Waals surface area contributed by atoms with Crippen LogP contribution in [0.5, 0.6) is 0 Å². The molecule has 0 atom stereocenters. The van der Waals surface area contributed by atoms with Gasteiger partial charge >= 0.3 is 5.97 Å². The summed E-state index contributed by atoms with van der Waals surface area (Å²) < 4.78 is 10.0. The van der Waals surface area contributed by atoms with Crippen LogP contribution < -0.4 is 0 Å². The molecule has 4 nitrogen and oxygen atoms in total. The molecule has 13 heavy (non-hydrogen) atoms. The number of rotatable bonds is 7. The lowest BCUT2D eigenvalue weighted by Gasteiger charge is -2.09. The van der Waals surface area contributed by atoms with E-state index in [0.29, 0.717) is 26.2 Å². The fourth-order valence-electron chi connectivity index (χ4n) is 1.23. The lowest BCUT2D eigenvalue weighted by atomic mass is 10.0. The van der Waals surface area contributed by atoms with Crippen LogP contribution in [0.1, 0.15) is 19.3 Å². The molecule has 0 aromatic rings. The first kappa shape index (κ1) is 10.5. The van der Waals surface area contributed by atoms with Crippen molar-refractivity contribution >= 4 is 5.97 Å². The van der Waals surface area contributed by atoms with Crippen LogP contribution in [-0.4, -0.2) is 38.0 Å². The predicted molar refractivity (Wildman–Crippen MR) is 46.6 cm³/mol. The molecule has 0 aromatic heterocycles. The number of carboxylic acid groups (broad SMARTS) is 1. The average molecular weight is 188 g/mol. The zero-order chi connectivity index (χ0) is 9.73. The quantitative estimate of drug-likeness (QED) is 0.603. The van der Waals surface area contributed by atoms with Crippen molar-refractivity contribution in [2.75, 3.05) is 26.9 Å². The van der Waals surface area contributed by atoms with Gasteiger partial charge in [-0.2, -0.15) is 0 Å². The molecule has 0 heterocycles. The molecule has 0 bridgehead atoms. The summed E-state index contributed by atoms with van der Waals surface area (Å²) in [6.45, 7) is 1.64. The Morgan fingerprint density at radius 3 is 2.54 bits per heavy atom. The first-order chi connectivity index (χ1) is 6.21. The summed E-state index contributed by atoms with van der Waals surface area (Å²) in [5.41, 5.74) is -0.451. The Balaban J connectivity index is 2.03. The van der Waals surface area contributed by atoms with E-state index in [0.717, 1.165) is 12.8 Å². The summed E-state index contributed by atoms with van der Waals surface area (Å²) in [5.74, 6) is -0.678. The number of carbonyl (C=O) groups is 1. The van der Waals surface area contributed by atoms with Gasteiger partial charge in [-0.05, 0) is 19.3 Å². The molecule has 0 spiro atoms. The number of hydrogen-bond donors (Lipinski definition) is 1. The molecular formula is C9H16O4. The van der Waals surface area contributed by atoms with Gasteiger partial charge in [0.25, 0.3) is 0 Å². The lowest BCUT2D eigenvalue weighted by Crippen LogP contribution is -2.17. The molecule has 0 amide bonds. The Labute approximate surface area is 77.8 Å². The largest absolute Gasteiger partial charge is 0.481 e. The molecule has 1 N–H and O–H groups in total. The molecule has 1 saturated carbocycles. The van der Waals surface area contributed by atoms with Crippen LogP contribution in [0.15, 0.2) is 0 Å². The second-order valence-corrected chi connectivity index (χ2v) is 3.44. The van der Waals surface area contributed by atoms with Gasteiger partial charge in [-0.25, -0.2) is 0 Å². The van der Waals surface area contributed by atoms with Crippen LogP contribution in [0.25, 0.3) is 0 Å². The van der Waals surface area contributed by atoms with Crippen LogP contribution in [0.2, 0.25) is 0 Å². The van der Waals surface area contributed by atoms with Gasteiger partial charge in [0.15, 0.2) is 0 Å². The fourth-order valence-corrected chi connectivity index (χ4v) is 1.23. The van der Waals surface area contributed by atoms with Crippen LogP contribution in [0.4, 0.5) is 0 Å². The lowest BCUT2D eigenvalue weighted by molar-refractivity contribution is -0.144. The van der Waals surface area contributed by atoms with Crippen molar-refractivity contribution < 1.29 is 19.4 Å². The first-order valence-corrected chi connectivity index (χ1v) is 4.51. The van der Waals surface area contributed by atoms with E-state index in [2.05, 4.69) is 0 Å². The summed E-state index contributed by atoms with van der Waals surface area (Å²) in [5, 5.41) is 8.83. The highest BCUT2D eigenvalue weighted by Gasteiger charge is 2.49. The van der Waals surface area contributed by atoms with Crippen molar-refractivity contribution in [2.45, 2.75) is 19.3 Å². The molecule has 0 aliphatic heterocycles. The van der Waals surface area contributed by atoms with Crippen molar-refractivity contribution in [3.05, 3.63) is 0 Å². The van der Waals surface area contributed by atoms with E-state index in [9.17, 15) is 4.79 Å². The maximum absolute atomic E-state index is 10.7. The zero-order valence-electron chi connectivity index (χ0n) is 7.91. The van der Waals surface area contributed by atoms with Crippen LogP contribution in [-0.2, 0) is 14.3 Å². The van der Waals surface area contributed by atoms with Crippen molar-refractivity contribution in [1.29, 1.82) is 0 Å². The summed E-state index contributed by atoms with van der Waals surface area (Å²) >= 11 is 0. The smallest absolute Gasteiger partial charge is 0.309 e. The summed E-state index contributed by atoms with van der Waals surface area (Å²) in [4.78, 5) is 10.7. The maximum Gasteiger partial charge on any atom is 0.309 e. The van der Waals surface area contributed by atoms with E-state index in [-0.39, 0.29) is 0 Å². The highest BCUT2D eigenvalue weighted by atomic mass is 16.5. The molecule has 0 unspecified atom stereocenters. The van der Waals surface area contributed by atoms with Crippen molar-refractivity contribution in [1.82, 2.24) is 0 Å². The monoisotopic (exact) mass is 188 g/mol. The highest BCUT2D eigenvalue weighted by Crippen LogP contribution is 2.48. The van der Waals surface area contributed by atoms with Gasteiger partial charge in [0.2, 0.25) is 0 Å². The molecule has 1 rings (SSSR count). The Morgan fingerprint density at radius 1 is 1.38 bits per heavy atom. The van der Waals surface area contributed by atoms with Crippen LogP contribution in [0.3, 0.4) is 0 Å². The van der Waals surface area contributed by atoms with E-state index in [1.165, 1.54) is 0 Å². The Kier molecular flexibility index (Phi) is 3.69. The summed E-state index contributed by atoms with van der Waals surface area (Å²) in [6, 6.07) is 0. The fraction of sp³-hybridized carbons (Fsp3) is 0.889. The third-order valence-corrected chi connectivity index (χ3v) is 2.46. The van der Waals surface area contributed by atoms with E-state index in [4.69, 9.17) is 14.6 Å². The molecule has 1 fully saturated rings. The van der Waals surface area contributed by atoms with Gasteiger partial charge in [-0.15, -0.1) is 0 Å². The molecule has 0 aromatic carbocycles. The molecule has 1 aliphatic rings. The minimum absolute atomic E-state index is 0.451. The summed E-state index contributed by atoms with van der Waals surface area (Å²) in [6.07, 6.45) is 2.23. The maximum atomic E-state index is 10.7. The molecular weight excluding hydrogens is 172 g/mol. The number of hydrogen-bond acceptors (Lipinski definition) is 3. The Morgan fingerprint density at radius 2 is 2.08 bits per heavy atom. The second kappa shape index (κ2) is 4.58. The molecule has 1 aliphatic carbocycles. The first-order valence-electron chi connectivity index (χ1n) is 4.51. The third-order valence-electron chi connectivity index (χ3n) is 2.46. The highest BCUT2D eigenvalue weighted by molar-refractivity contribution is 5.77. The van der Waals surface area contributed by atoms with Crippen molar-refractivity contribution in [2.24, 2.45) is 5.41 Å². The van der Waals surface area contributed by atoms with Gasteiger partial charge in [0.1, 0.15) is 0 Å². The SMILES string of the molecule is COCCOCCC1(C(=O)O)CC1. The molecule has 0 saturated heterocycles. The number of ether oxygens (including phenoxy) is 2. The van der Waals surface area contributed by atoms with Crippen LogP contribution >= 0.6 is 0 Å². The number of carboxylic acids is 1. The summed E-state index contributed by atoms with van der Waals surface area (Å²) in [7, 11) is 1.61. The van der Waals surface area contributed by atoms with Crippen molar-refractivity contribution in [3.63, 3.8) is 0 Å². The van der Waals surface area contributed by atoms with Gasteiger partial charge < -0.3 is 14.6 Å².